The second-order valence-electron chi connectivity index (χ2n) is 5.19. The molecule has 0 bridgehead atoms. The molecule has 1 fully saturated rings. The topological polar surface area (TPSA) is 60.0 Å². The highest BCUT2D eigenvalue weighted by atomic mass is 16.6. The van der Waals surface area contributed by atoms with E-state index in [2.05, 4.69) is 18.3 Å². The Morgan fingerprint density at radius 2 is 2.33 bits per heavy atom. The lowest BCUT2D eigenvalue weighted by Crippen LogP contribution is -2.41. The molecule has 21 heavy (non-hydrogen) atoms. The van der Waals surface area contributed by atoms with Crippen molar-refractivity contribution in [1.82, 2.24) is 5.32 Å². The lowest BCUT2D eigenvalue weighted by Gasteiger charge is -2.23. The Morgan fingerprint density at radius 1 is 1.43 bits per heavy atom. The summed E-state index contributed by atoms with van der Waals surface area (Å²) >= 11 is 0. The Balaban J connectivity index is 1.61. The first-order valence-electron chi connectivity index (χ1n) is 7.57. The quantitative estimate of drug-likeness (QED) is 0.749. The van der Waals surface area contributed by atoms with Crippen molar-refractivity contribution in [2.24, 2.45) is 0 Å². The van der Waals surface area contributed by atoms with Crippen LogP contribution in [0.1, 0.15) is 12.5 Å². The number of aliphatic hydroxyl groups excluding tert-OH is 1. The fraction of sp³-hybridized carbons (Fsp3) is 0.625. The summed E-state index contributed by atoms with van der Waals surface area (Å²) in [7, 11) is 0. The Morgan fingerprint density at radius 3 is 3.10 bits per heavy atom. The molecule has 1 heterocycles. The fourth-order valence-electron chi connectivity index (χ4n) is 2.17. The van der Waals surface area contributed by atoms with Gasteiger partial charge in [0.25, 0.3) is 0 Å². The largest absolute Gasteiger partial charge is 0.491 e. The van der Waals surface area contributed by atoms with Gasteiger partial charge >= 0.3 is 0 Å². The highest BCUT2D eigenvalue weighted by Crippen LogP contribution is 2.13. The van der Waals surface area contributed by atoms with Crippen LogP contribution in [-0.4, -0.2) is 56.8 Å². The van der Waals surface area contributed by atoms with E-state index >= 15 is 0 Å². The molecule has 1 aromatic rings. The van der Waals surface area contributed by atoms with Gasteiger partial charge in [-0.3, -0.25) is 0 Å². The molecule has 0 amide bonds. The van der Waals surface area contributed by atoms with Crippen molar-refractivity contribution >= 4 is 0 Å². The SMILES string of the molecule is CCc1cccc(OCC(O)CNCC2COCCO2)c1. The van der Waals surface area contributed by atoms with Gasteiger partial charge in [-0.1, -0.05) is 19.1 Å². The van der Waals surface area contributed by atoms with Crippen molar-refractivity contribution in [3.05, 3.63) is 29.8 Å². The van der Waals surface area contributed by atoms with Gasteiger partial charge in [-0.05, 0) is 24.1 Å². The van der Waals surface area contributed by atoms with E-state index in [4.69, 9.17) is 14.2 Å². The molecule has 1 saturated heterocycles. The van der Waals surface area contributed by atoms with E-state index in [-0.39, 0.29) is 12.7 Å². The Labute approximate surface area is 126 Å². The van der Waals surface area contributed by atoms with Crippen molar-refractivity contribution in [2.45, 2.75) is 25.6 Å². The zero-order valence-corrected chi connectivity index (χ0v) is 12.6. The van der Waals surface area contributed by atoms with Crippen molar-refractivity contribution in [3.63, 3.8) is 0 Å². The standard InChI is InChI=1S/C16H25NO4/c1-2-13-4-3-5-15(8-13)21-11-14(18)9-17-10-16-12-19-6-7-20-16/h3-5,8,14,16-18H,2,6-7,9-12H2,1H3. The van der Waals surface area contributed by atoms with Crippen molar-refractivity contribution in [3.8, 4) is 5.75 Å². The minimum absolute atomic E-state index is 0.0769. The highest BCUT2D eigenvalue weighted by Gasteiger charge is 2.14. The molecule has 0 aromatic heterocycles. The fourth-order valence-corrected chi connectivity index (χ4v) is 2.17. The van der Waals surface area contributed by atoms with Gasteiger partial charge in [0.15, 0.2) is 0 Å². The zero-order valence-electron chi connectivity index (χ0n) is 12.6. The summed E-state index contributed by atoms with van der Waals surface area (Å²) in [5.74, 6) is 0.803. The lowest BCUT2D eigenvalue weighted by atomic mass is 10.2. The van der Waals surface area contributed by atoms with Crippen molar-refractivity contribution in [1.29, 1.82) is 0 Å². The van der Waals surface area contributed by atoms with Crippen molar-refractivity contribution < 1.29 is 19.3 Å². The van der Waals surface area contributed by atoms with E-state index < -0.39 is 6.10 Å². The van der Waals surface area contributed by atoms with Gasteiger partial charge in [0, 0.05) is 13.1 Å². The van der Waals surface area contributed by atoms with E-state index in [0.29, 0.717) is 32.9 Å². The van der Waals surface area contributed by atoms with E-state index in [1.165, 1.54) is 5.56 Å². The maximum Gasteiger partial charge on any atom is 0.119 e. The van der Waals surface area contributed by atoms with Crippen LogP contribution in [0.4, 0.5) is 0 Å². The molecule has 0 aliphatic carbocycles. The van der Waals surface area contributed by atoms with Gasteiger partial charge in [-0.2, -0.15) is 0 Å². The second-order valence-corrected chi connectivity index (χ2v) is 5.19. The van der Waals surface area contributed by atoms with Gasteiger partial charge in [0.1, 0.15) is 18.5 Å². The molecule has 1 aliphatic heterocycles. The molecule has 5 heteroatoms. The summed E-state index contributed by atoms with van der Waals surface area (Å²) in [6.45, 7) is 5.48. The molecule has 0 spiro atoms. The molecular weight excluding hydrogens is 270 g/mol. The van der Waals surface area contributed by atoms with Crippen molar-refractivity contribution in [2.75, 3.05) is 39.5 Å². The summed E-state index contributed by atoms with van der Waals surface area (Å²) in [4.78, 5) is 0. The minimum Gasteiger partial charge on any atom is -0.491 e. The van der Waals surface area contributed by atoms with Gasteiger partial charge in [0.05, 0.1) is 25.9 Å². The Hall–Kier alpha value is -1.14. The predicted molar refractivity (Wildman–Crippen MR) is 80.8 cm³/mol. The van der Waals surface area contributed by atoms with E-state index in [9.17, 15) is 5.11 Å². The third-order valence-electron chi connectivity index (χ3n) is 3.39. The predicted octanol–water partition coefficient (Wildman–Crippen LogP) is 0.994. The normalized spacial score (nSPS) is 20.2. The number of aliphatic hydroxyl groups is 1. The molecule has 2 unspecified atom stereocenters. The summed E-state index contributed by atoms with van der Waals surface area (Å²) in [5, 5.41) is 13.1. The third-order valence-corrected chi connectivity index (χ3v) is 3.39. The summed E-state index contributed by atoms with van der Waals surface area (Å²) in [5.41, 5.74) is 1.23. The number of aryl methyl sites for hydroxylation is 1. The van der Waals surface area contributed by atoms with Gasteiger partial charge in [-0.15, -0.1) is 0 Å². The van der Waals surface area contributed by atoms with Crippen LogP contribution in [0, 0.1) is 0 Å². The van der Waals surface area contributed by atoms with Crippen LogP contribution in [0.5, 0.6) is 5.75 Å². The summed E-state index contributed by atoms with van der Waals surface area (Å²) in [6.07, 6.45) is 0.512. The van der Waals surface area contributed by atoms with E-state index in [1.807, 2.05) is 18.2 Å². The maximum atomic E-state index is 9.91. The molecule has 0 saturated carbocycles. The number of nitrogens with one attached hydrogen (secondary N) is 1. The molecule has 2 N–H and O–H groups in total. The van der Waals surface area contributed by atoms with Crippen LogP contribution in [0.2, 0.25) is 0 Å². The number of ether oxygens (including phenoxy) is 3. The van der Waals surface area contributed by atoms with Crippen LogP contribution < -0.4 is 10.1 Å². The molecule has 2 atom stereocenters. The molecule has 5 nitrogen and oxygen atoms in total. The lowest BCUT2D eigenvalue weighted by molar-refractivity contribution is -0.0869. The van der Waals surface area contributed by atoms with Crippen LogP contribution in [0.15, 0.2) is 24.3 Å². The molecule has 2 rings (SSSR count). The average molecular weight is 295 g/mol. The summed E-state index contributed by atoms with van der Waals surface area (Å²) < 4.78 is 16.4. The number of hydrogen-bond donors (Lipinski definition) is 2. The van der Waals surface area contributed by atoms with Crippen LogP contribution >= 0.6 is 0 Å². The van der Waals surface area contributed by atoms with E-state index in [0.717, 1.165) is 12.2 Å². The number of hydrogen-bond acceptors (Lipinski definition) is 5. The zero-order chi connectivity index (χ0) is 14.9. The number of rotatable bonds is 8. The Kier molecular flexibility index (Phi) is 6.95. The average Bonchev–Trinajstić information content (AvgIpc) is 2.54. The van der Waals surface area contributed by atoms with Crippen LogP contribution in [-0.2, 0) is 15.9 Å². The molecule has 0 radical (unpaired) electrons. The molecular formula is C16H25NO4. The van der Waals surface area contributed by atoms with E-state index in [1.54, 1.807) is 0 Å². The first-order chi connectivity index (χ1) is 10.3. The number of benzene rings is 1. The molecule has 1 aromatic carbocycles. The highest BCUT2D eigenvalue weighted by molar-refractivity contribution is 5.28. The molecule has 118 valence electrons. The summed E-state index contributed by atoms with van der Waals surface area (Å²) in [6, 6.07) is 7.95. The smallest absolute Gasteiger partial charge is 0.119 e. The minimum atomic E-state index is -0.542. The van der Waals surface area contributed by atoms with Crippen LogP contribution in [0.3, 0.4) is 0 Å². The maximum absolute atomic E-state index is 9.91. The van der Waals surface area contributed by atoms with Crippen LogP contribution in [0.25, 0.3) is 0 Å². The first-order valence-corrected chi connectivity index (χ1v) is 7.57. The second kappa shape index (κ2) is 9.00. The van der Waals surface area contributed by atoms with Gasteiger partial charge in [-0.25, -0.2) is 0 Å². The molecule has 1 aliphatic rings. The first kappa shape index (κ1) is 16.2. The van der Waals surface area contributed by atoms with Gasteiger partial charge < -0.3 is 24.6 Å². The Bertz CT molecular complexity index is 407. The monoisotopic (exact) mass is 295 g/mol. The third kappa shape index (κ3) is 6.01. The van der Waals surface area contributed by atoms with Gasteiger partial charge in [0.2, 0.25) is 0 Å².